The van der Waals surface area contributed by atoms with Crippen molar-refractivity contribution in [2.24, 2.45) is 0 Å². The minimum absolute atomic E-state index is 0.166. The standard InChI is InChI=1S/C11H14BrFN2S/c1-11(2)7-15(3-4-16-11)10-9(13)5-8(12)6-14-10/h5-6H,3-4,7H2,1-2H3. The molecule has 0 unspecified atom stereocenters. The molecule has 16 heavy (non-hydrogen) atoms. The molecule has 1 saturated heterocycles. The molecular weight excluding hydrogens is 291 g/mol. The van der Waals surface area contributed by atoms with Gasteiger partial charge in [-0.2, -0.15) is 11.8 Å². The van der Waals surface area contributed by atoms with Crippen LogP contribution >= 0.6 is 27.7 Å². The normalized spacial score (nSPS) is 19.9. The molecule has 1 aromatic rings. The molecule has 1 aliphatic heterocycles. The largest absolute Gasteiger partial charge is 0.352 e. The molecule has 0 aliphatic carbocycles. The van der Waals surface area contributed by atoms with E-state index >= 15 is 0 Å². The van der Waals surface area contributed by atoms with E-state index in [1.54, 1.807) is 6.20 Å². The Morgan fingerprint density at radius 3 is 2.94 bits per heavy atom. The van der Waals surface area contributed by atoms with Crippen LogP contribution in [0.3, 0.4) is 0 Å². The lowest BCUT2D eigenvalue weighted by Crippen LogP contribution is -2.43. The molecular formula is C11H14BrFN2S. The highest BCUT2D eigenvalue weighted by molar-refractivity contribution is 9.10. The molecule has 2 rings (SSSR count). The van der Waals surface area contributed by atoms with Crippen LogP contribution in [0.1, 0.15) is 13.8 Å². The third kappa shape index (κ3) is 2.69. The number of halogens is 2. The molecule has 0 saturated carbocycles. The third-order valence-corrected chi connectivity index (χ3v) is 4.24. The fourth-order valence-electron chi connectivity index (χ4n) is 1.84. The molecule has 2 nitrogen and oxygen atoms in total. The first kappa shape index (κ1) is 12.2. The third-order valence-electron chi connectivity index (χ3n) is 2.51. The molecule has 0 bridgehead atoms. The first-order valence-corrected chi connectivity index (χ1v) is 6.96. The minimum atomic E-state index is -0.253. The second-order valence-electron chi connectivity index (χ2n) is 4.49. The minimum Gasteiger partial charge on any atom is -0.352 e. The molecule has 0 atom stereocenters. The van der Waals surface area contributed by atoms with Gasteiger partial charge in [-0.05, 0) is 35.8 Å². The summed E-state index contributed by atoms with van der Waals surface area (Å²) >= 11 is 5.14. The molecule has 2 heterocycles. The van der Waals surface area contributed by atoms with Crippen LogP contribution in [-0.2, 0) is 0 Å². The Hall–Kier alpha value is -0.290. The van der Waals surface area contributed by atoms with Gasteiger partial charge in [-0.15, -0.1) is 0 Å². The van der Waals surface area contributed by atoms with Gasteiger partial charge in [0.25, 0.3) is 0 Å². The van der Waals surface area contributed by atoms with Gasteiger partial charge in [0, 0.05) is 34.3 Å². The van der Waals surface area contributed by atoms with E-state index in [1.165, 1.54) is 6.07 Å². The Balaban J connectivity index is 2.23. The molecule has 5 heteroatoms. The van der Waals surface area contributed by atoms with Crippen LogP contribution in [-0.4, -0.2) is 28.6 Å². The monoisotopic (exact) mass is 304 g/mol. The fraction of sp³-hybridized carbons (Fsp3) is 0.545. The van der Waals surface area contributed by atoms with Crippen LogP contribution in [0, 0.1) is 5.82 Å². The lowest BCUT2D eigenvalue weighted by atomic mass is 10.2. The van der Waals surface area contributed by atoms with Crippen LogP contribution in [0.5, 0.6) is 0 Å². The second-order valence-corrected chi connectivity index (χ2v) is 7.21. The first-order chi connectivity index (χ1) is 7.48. The van der Waals surface area contributed by atoms with E-state index in [2.05, 4.69) is 34.8 Å². The van der Waals surface area contributed by atoms with Crippen molar-refractivity contribution in [1.82, 2.24) is 4.98 Å². The number of anilines is 1. The van der Waals surface area contributed by atoms with Gasteiger partial charge in [-0.1, -0.05) is 0 Å². The number of hydrogen-bond donors (Lipinski definition) is 0. The van der Waals surface area contributed by atoms with Gasteiger partial charge in [-0.25, -0.2) is 9.37 Å². The Bertz CT molecular complexity index is 398. The van der Waals surface area contributed by atoms with E-state index in [9.17, 15) is 4.39 Å². The predicted octanol–water partition coefficient (Wildman–Crippen LogP) is 3.32. The molecule has 0 spiro atoms. The summed E-state index contributed by atoms with van der Waals surface area (Å²) in [6, 6.07) is 1.47. The highest BCUT2D eigenvalue weighted by atomic mass is 79.9. The van der Waals surface area contributed by atoms with E-state index in [0.717, 1.165) is 18.8 Å². The highest BCUT2D eigenvalue weighted by Gasteiger charge is 2.28. The number of aromatic nitrogens is 1. The van der Waals surface area contributed by atoms with Crippen LogP contribution in [0.4, 0.5) is 10.2 Å². The van der Waals surface area contributed by atoms with Crippen molar-refractivity contribution in [1.29, 1.82) is 0 Å². The Kier molecular flexibility index (Phi) is 3.45. The van der Waals surface area contributed by atoms with Crippen LogP contribution in [0.25, 0.3) is 0 Å². The zero-order chi connectivity index (χ0) is 11.8. The smallest absolute Gasteiger partial charge is 0.166 e. The van der Waals surface area contributed by atoms with Crippen molar-refractivity contribution >= 4 is 33.5 Å². The topological polar surface area (TPSA) is 16.1 Å². The van der Waals surface area contributed by atoms with Crippen molar-refractivity contribution < 1.29 is 4.39 Å². The maximum Gasteiger partial charge on any atom is 0.166 e. The molecule has 0 N–H and O–H groups in total. The summed E-state index contributed by atoms with van der Waals surface area (Å²) in [6.45, 7) is 6.06. The van der Waals surface area contributed by atoms with Gasteiger partial charge in [0.05, 0.1) is 0 Å². The summed E-state index contributed by atoms with van der Waals surface area (Å²) in [6.07, 6.45) is 1.65. The lowest BCUT2D eigenvalue weighted by molar-refractivity contribution is 0.587. The van der Waals surface area contributed by atoms with E-state index in [4.69, 9.17) is 0 Å². The molecule has 1 aliphatic rings. The highest BCUT2D eigenvalue weighted by Crippen LogP contribution is 2.32. The second kappa shape index (κ2) is 4.53. The van der Waals surface area contributed by atoms with Crippen molar-refractivity contribution in [3.05, 3.63) is 22.6 Å². The van der Waals surface area contributed by atoms with E-state index < -0.39 is 0 Å². The van der Waals surface area contributed by atoms with Crippen molar-refractivity contribution in [3.63, 3.8) is 0 Å². The molecule has 0 radical (unpaired) electrons. The number of pyridine rings is 1. The lowest BCUT2D eigenvalue weighted by Gasteiger charge is -2.38. The summed E-state index contributed by atoms with van der Waals surface area (Å²) in [5.41, 5.74) is 0. The zero-order valence-corrected chi connectivity index (χ0v) is 11.7. The van der Waals surface area contributed by atoms with Crippen molar-refractivity contribution in [2.75, 3.05) is 23.7 Å². The Morgan fingerprint density at radius 2 is 2.31 bits per heavy atom. The first-order valence-electron chi connectivity index (χ1n) is 5.18. The van der Waals surface area contributed by atoms with E-state index in [0.29, 0.717) is 10.3 Å². The van der Waals surface area contributed by atoms with E-state index in [-0.39, 0.29) is 10.6 Å². The molecule has 1 fully saturated rings. The summed E-state index contributed by atoms with van der Waals surface area (Å²) in [5.74, 6) is 1.23. The number of rotatable bonds is 1. The SMILES string of the molecule is CC1(C)CN(c2ncc(Br)cc2F)CCS1. The van der Waals surface area contributed by atoms with E-state index in [1.807, 2.05) is 16.7 Å². The maximum absolute atomic E-state index is 13.7. The number of hydrogen-bond acceptors (Lipinski definition) is 3. The number of nitrogens with zero attached hydrogens (tertiary/aromatic N) is 2. The van der Waals surface area contributed by atoms with Gasteiger partial charge < -0.3 is 4.90 Å². The summed E-state index contributed by atoms with van der Waals surface area (Å²) in [5, 5.41) is 0. The quantitative estimate of drug-likeness (QED) is 0.792. The fourth-order valence-corrected chi connectivity index (χ4v) is 3.25. The van der Waals surface area contributed by atoms with Crippen molar-refractivity contribution in [2.45, 2.75) is 18.6 Å². The summed E-state index contributed by atoms with van der Waals surface area (Å²) in [4.78, 5) is 6.19. The van der Waals surface area contributed by atoms with Crippen LogP contribution < -0.4 is 4.90 Å². The number of thioether (sulfide) groups is 1. The predicted molar refractivity (Wildman–Crippen MR) is 70.6 cm³/mol. The van der Waals surface area contributed by atoms with Gasteiger partial charge >= 0.3 is 0 Å². The Labute approximate surface area is 108 Å². The molecule has 88 valence electrons. The summed E-state index contributed by atoms with van der Waals surface area (Å²) < 4.78 is 14.6. The summed E-state index contributed by atoms with van der Waals surface area (Å²) in [7, 11) is 0. The zero-order valence-electron chi connectivity index (χ0n) is 9.33. The van der Waals surface area contributed by atoms with Gasteiger partial charge in [0.15, 0.2) is 11.6 Å². The average Bonchev–Trinajstić information content (AvgIpc) is 2.15. The van der Waals surface area contributed by atoms with Crippen LogP contribution in [0.2, 0.25) is 0 Å². The van der Waals surface area contributed by atoms with Crippen LogP contribution in [0.15, 0.2) is 16.7 Å². The Morgan fingerprint density at radius 1 is 1.56 bits per heavy atom. The molecule has 1 aromatic heterocycles. The van der Waals surface area contributed by atoms with Gasteiger partial charge in [0.1, 0.15) is 0 Å². The molecule has 0 amide bonds. The average molecular weight is 305 g/mol. The van der Waals surface area contributed by atoms with Gasteiger partial charge in [-0.3, -0.25) is 0 Å². The van der Waals surface area contributed by atoms with Gasteiger partial charge in [0.2, 0.25) is 0 Å². The molecule has 0 aromatic carbocycles. The van der Waals surface area contributed by atoms with Crippen molar-refractivity contribution in [3.8, 4) is 0 Å². The maximum atomic E-state index is 13.7.